The number of phosphoric acid groups is 1. The highest BCUT2D eigenvalue weighted by Gasteiger charge is 2.27. The van der Waals surface area contributed by atoms with Gasteiger partial charge in [0, 0.05) is 12.8 Å². The van der Waals surface area contributed by atoms with Gasteiger partial charge in [-0.1, -0.05) is 128 Å². The Kier molecular flexibility index (Phi) is 38.0. The number of aliphatic hydroxyl groups is 1. The Bertz CT molecular complexity index is 1460. The SMILES string of the molecule is CC/C=C\C/C=C\C/C=C\C/C=C\C/C=C\C/C=C\CCC(=O)O[C@H](COC(=O)CCC/C=C\C/C=C\C/C=C\C/C=C\CCC[C@@H](C)O)COP(=O)(O)OCC[N+](C)(C)C. The number of unbranched alkanes of at least 4 members (excludes halogenated alkanes) is 2. The molecule has 0 aliphatic heterocycles. The minimum Gasteiger partial charge on any atom is -0.462 e. The lowest BCUT2D eigenvalue weighted by molar-refractivity contribution is -0.870. The summed E-state index contributed by atoms with van der Waals surface area (Å²) < 4.78 is 34.1. The zero-order chi connectivity index (χ0) is 45.1. The van der Waals surface area contributed by atoms with Gasteiger partial charge in [-0.15, -0.1) is 0 Å². The molecule has 0 aliphatic carbocycles. The second kappa shape index (κ2) is 40.4. The summed E-state index contributed by atoms with van der Waals surface area (Å²) in [7, 11) is 1.36. The highest BCUT2D eigenvalue weighted by molar-refractivity contribution is 7.47. The van der Waals surface area contributed by atoms with Gasteiger partial charge in [-0.05, 0) is 103 Å². The van der Waals surface area contributed by atoms with Gasteiger partial charge >= 0.3 is 19.8 Å². The third-order valence-electron chi connectivity index (χ3n) is 8.51. The predicted molar refractivity (Wildman–Crippen MR) is 253 cm³/mol. The van der Waals surface area contributed by atoms with E-state index in [0.717, 1.165) is 77.0 Å². The first-order valence-corrected chi connectivity index (χ1v) is 23.8. The fourth-order valence-corrected chi connectivity index (χ4v) is 5.79. The molecule has 0 aromatic heterocycles. The average molecular weight is 871 g/mol. The first-order valence-electron chi connectivity index (χ1n) is 22.3. The summed E-state index contributed by atoms with van der Waals surface area (Å²) in [6.45, 7) is 3.66. The maximum Gasteiger partial charge on any atom is 0.472 e. The normalized spacial score (nSPS) is 15.2. The fraction of sp³-hybridized carbons (Fsp3) is 0.560. The van der Waals surface area contributed by atoms with Gasteiger partial charge in [0.1, 0.15) is 19.8 Å². The first-order chi connectivity index (χ1) is 29.3. The van der Waals surface area contributed by atoms with Crippen LogP contribution in [-0.4, -0.2) is 86.1 Å². The van der Waals surface area contributed by atoms with Gasteiger partial charge in [-0.3, -0.25) is 18.6 Å². The second-order valence-electron chi connectivity index (χ2n) is 15.6. The molecule has 0 aromatic rings. The number of quaternary nitrogens is 1. The molecule has 61 heavy (non-hydrogen) atoms. The summed E-state index contributed by atoms with van der Waals surface area (Å²) in [5.74, 6) is -0.994. The van der Waals surface area contributed by atoms with Crippen LogP contribution in [0.2, 0.25) is 0 Å². The molecule has 0 saturated carbocycles. The van der Waals surface area contributed by atoms with E-state index in [4.69, 9.17) is 18.5 Å². The molecule has 0 fully saturated rings. The molecule has 3 atom stereocenters. The van der Waals surface area contributed by atoms with E-state index in [1.165, 1.54) is 0 Å². The molecule has 0 bridgehead atoms. The molecule has 344 valence electrons. The molecule has 2 N–H and O–H groups in total. The number of carbonyl (C=O) groups is 2. The molecule has 10 nitrogen and oxygen atoms in total. The van der Waals surface area contributed by atoms with Crippen molar-refractivity contribution in [2.45, 2.75) is 135 Å². The summed E-state index contributed by atoms with van der Waals surface area (Å²) in [6.07, 6.45) is 54.0. The molecular formula is C50H81NO9P+. The van der Waals surface area contributed by atoms with E-state index in [-0.39, 0.29) is 32.2 Å². The fourth-order valence-electron chi connectivity index (χ4n) is 5.05. The largest absolute Gasteiger partial charge is 0.472 e. The number of nitrogens with zero attached hydrogens (tertiary/aromatic N) is 1. The van der Waals surface area contributed by atoms with Gasteiger partial charge in [-0.25, -0.2) is 4.57 Å². The Morgan fingerprint density at radius 3 is 1.44 bits per heavy atom. The van der Waals surface area contributed by atoms with Crippen molar-refractivity contribution in [1.82, 2.24) is 0 Å². The van der Waals surface area contributed by atoms with Gasteiger partial charge in [-0.2, -0.15) is 0 Å². The minimum absolute atomic E-state index is 0.00341. The van der Waals surface area contributed by atoms with Crippen LogP contribution in [0.25, 0.3) is 0 Å². The van der Waals surface area contributed by atoms with Crippen molar-refractivity contribution in [3.63, 3.8) is 0 Å². The molecular weight excluding hydrogens is 790 g/mol. The summed E-state index contributed by atoms with van der Waals surface area (Å²) in [5, 5.41) is 9.28. The Morgan fingerprint density at radius 1 is 0.574 bits per heavy atom. The van der Waals surface area contributed by atoms with Crippen molar-refractivity contribution in [1.29, 1.82) is 0 Å². The van der Waals surface area contributed by atoms with Crippen LogP contribution in [0.4, 0.5) is 0 Å². The van der Waals surface area contributed by atoms with Gasteiger partial charge in [0.2, 0.25) is 0 Å². The van der Waals surface area contributed by atoms with Gasteiger partial charge < -0.3 is 24.0 Å². The number of phosphoric ester groups is 1. The number of allylic oxidation sites excluding steroid dienone is 20. The van der Waals surface area contributed by atoms with Crippen molar-refractivity contribution in [2.24, 2.45) is 0 Å². The van der Waals surface area contributed by atoms with E-state index >= 15 is 0 Å². The molecule has 1 unspecified atom stereocenters. The first kappa shape index (κ1) is 57.4. The van der Waals surface area contributed by atoms with Crippen molar-refractivity contribution < 1.29 is 47.2 Å². The second-order valence-corrected chi connectivity index (χ2v) is 17.1. The molecule has 0 aromatic carbocycles. The Hall–Kier alpha value is -3.63. The van der Waals surface area contributed by atoms with Crippen LogP contribution in [-0.2, 0) is 32.7 Å². The van der Waals surface area contributed by atoms with E-state index < -0.39 is 32.5 Å². The molecule has 0 radical (unpaired) electrons. The number of ether oxygens (including phenoxy) is 2. The van der Waals surface area contributed by atoms with Gasteiger partial charge in [0.05, 0.1) is 33.9 Å². The number of likely N-dealkylation sites (N-methyl/N-ethyl adjacent to an activating group) is 1. The lowest BCUT2D eigenvalue weighted by atomic mass is 10.1. The van der Waals surface area contributed by atoms with Crippen LogP contribution in [0.5, 0.6) is 0 Å². The van der Waals surface area contributed by atoms with E-state index in [2.05, 4.69) is 110 Å². The van der Waals surface area contributed by atoms with E-state index in [1.807, 2.05) is 46.3 Å². The number of esters is 2. The number of hydrogen-bond acceptors (Lipinski definition) is 8. The maximum atomic E-state index is 12.7. The topological polar surface area (TPSA) is 129 Å². The number of rotatable bonds is 38. The van der Waals surface area contributed by atoms with Crippen molar-refractivity contribution >= 4 is 19.8 Å². The molecule has 11 heteroatoms. The Balaban J connectivity index is 4.60. The zero-order valence-corrected chi connectivity index (χ0v) is 39.1. The van der Waals surface area contributed by atoms with Crippen molar-refractivity contribution in [2.75, 3.05) is 47.5 Å². The van der Waals surface area contributed by atoms with E-state index in [1.54, 1.807) is 0 Å². The third-order valence-corrected chi connectivity index (χ3v) is 9.49. The Labute approximate surface area is 370 Å². The highest BCUT2D eigenvalue weighted by Crippen LogP contribution is 2.43. The molecule has 0 amide bonds. The quantitative estimate of drug-likeness (QED) is 0.0205. The van der Waals surface area contributed by atoms with Crippen molar-refractivity contribution in [3.8, 4) is 0 Å². The van der Waals surface area contributed by atoms with Crippen molar-refractivity contribution in [3.05, 3.63) is 122 Å². The van der Waals surface area contributed by atoms with Crippen LogP contribution < -0.4 is 0 Å². The van der Waals surface area contributed by atoms with Gasteiger partial charge in [0.15, 0.2) is 6.10 Å². The Morgan fingerprint density at radius 2 is 1.00 bits per heavy atom. The van der Waals surface area contributed by atoms with Crippen LogP contribution in [0.3, 0.4) is 0 Å². The lowest BCUT2D eigenvalue weighted by Crippen LogP contribution is -2.37. The summed E-state index contributed by atoms with van der Waals surface area (Å²) in [4.78, 5) is 35.3. The molecule has 0 aliphatic rings. The minimum atomic E-state index is -4.43. The zero-order valence-electron chi connectivity index (χ0n) is 38.2. The van der Waals surface area contributed by atoms with Gasteiger partial charge in [0.25, 0.3) is 0 Å². The van der Waals surface area contributed by atoms with E-state index in [9.17, 15) is 24.2 Å². The smallest absolute Gasteiger partial charge is 0.462 e. The standard InChI is InChI=1S/C50H80NO9P/c1-6-7-8-9-10-11-12-13-14-15-16-17-20-24-27-30-33-36-39-42-50(54)60-48(46-59-61(55,56)58-44-43-51(3,4)5)45-57-49(53)41-38-35-32-29-26-23-21-18-19-22-25-28-31-34-37-40-47(2)52/h7-8,10-11,13-14,16-17,19,21-24,27-29,31-33,36,47-48,52H,6,9,12,15,18,20,25-26,30,34-35,37-46H2,1-5H3/p+1/b8-7-,11-10-,14-13-,17-16-,22-19-,23-21-,27-24-,31-28-,32-29-,36-33-/t47-,48-/m1/s1. The monoisotopic (exact) mass is 871 g/mol. The summed E-state index contributed by atoms with van der Waals surface area (Å²) >= 11 is 0. The third kappa shape index (κ3) is 45.7. The number of hydrogen-bond donors (Lipinski definition) is 2. The average Bonchev–Trinajstić information content (AvgIpc) is 3.20. The highest BCUT2D eigenvalue weighted by atomic mass is 31.2. The van der Waals surface area contributed by atoms with E-state index in [0.29, 0.717) is 30.3 Å². The van der Waals surface area contributed by atoms with Crippen LogP contribution >= 0.6 is 7.82 Å². The number of aliphatic hydroxyl groups excluding tert-OH is 1. The van der Waals surface area contributed by atoms with Crippen LogP contribution in [0, 0.1) is 0 Å². The molecule has 0 rings (SSSR count). The van der Waals surface area contributed by atoms with Crippen LogP contribution in [0.15, 0.2) is 122 Å². The maximum absolute atomic E-state index is 12.7. The summed E-state index contributed by atoms with van der Waals surface area (Å²) in [6, 6.07) is 0. The molecule has 0 spiro atoms. The van der Waals surface area contributed by atoms with Crippen LogP contribution in [0.1, 0.15) is 123 Å². The summed E-state index contributed by atoms with van der Waals surface area (Å²) in [5.41, 5.74) is 0. The predicted octanol–water partition coefficient (Wildman–Crippen LogP) is 11.9. The number of carbonyl (C=O) groups excluding carboxylic acids is 2. The molecule has 0 saturated heterocycles. The molecule has 0 heterocycles. The lowest BCUT2D eigenvalue weighted by Gasteiger charge is -2.24.